The molecule has 1 saturated carbocycles. The Labute approximate surface area is 118 Å². The normalized spacial score (nSPS) is 19.1. The highest BCUT2D eigenvalue weighted by atomic mass is 35.5. The van der Waals surface area contributed by atoms with E-state index in [2.05, 4.69) is 0 Å². The minimum Gasteiger partial charge on any atom is -0.391 e. The lowest BCUT2D eigenvalue weighted by atomic mass is 9.77. The fraction of sp³-hybridized carbons (Fsp3) is 0.500. The van der Waals surface area contributed by atoms with E-state index in [4.69, 9.17) is 28.9 Å². The highest BCUT2D eigenvalue weighted by Crippen LogP contribution is 2.35. The van der Waals surface area contributed by atoms with E-state index in [0.29, 0.717) is 16.0 Å². The van der Waals surface area contributed by atoms with E-state index in [0.717, 1.165) is 18.4 Å². The van der Waals surface area contributed by atoms with Gasteiger partial charge in [-0.15, -0.1) is 12.4 Å². The standard InChI is InChI=1S/C12H15Cl2NO.ClH/c13-9-5-4-8(6-10(9)14)11(15)12(16)7-2-1-3-7;/h4-7,11-12,16H,1-3,15H2;1H/t11-,12+;/m0./s1. The van der Waals surface area contributed by atoms with Crippen LogP contribution in [0, 0.1) is 5.92 Å². The van der Waals surface area contributed by atoms with Gasteiger partial charge >= 0.3 is 0 Å². The first kappa shape index (κ1) is 15.1. The van der Waals surface area contributed by atoms with Crippen LogP contribution in [0.3, 0.4) is 0 Å². The van der Waals surface area contributed by atoms with E-state index >= 15 is 0 Å². The molecule has 17 heavy (non-hydrogen) atoms. The van der Waals surface area contributed by atoms with Crippen molar-refractivity contribution in [2.75, 3.05) is 0 Å². The van der Waals surface area contributed by atoms with Gasteiger partial charge in [0, 0.05) is 0 Å². The molecule has 1 aliphatic rings. The maximum absolute atomic E-state index is 10.1. The van der Waals surface area contributed by atoms with Gasteiger partial charge in [0.05, 0.1) is 22.2 Å². The summed E-state index contributed by atoms with van der Waals surface area (Å²) in [5, 5.41) is 11.0. The Balaban J connectivity index is 0.00000144. The quantitative estimate of drug-likeness (QED) is 0.895. The Bertz CT molecular complexity index is 382. The van der Waals surface area contributed by atoms with E-state index in [-0.39, 0.29) is 18.4 Å². The van der Waals surface area contributed by atoms with E-state index in [1.165, 1.54) is 6.42 Å². The van der Waals surface area contributed by atoms with E-state index in [1.807, 2.05) is 6.07 Å². The molecule has 5 heteroatoms. The van der Waals surface area contributed by atoms with Gasteiger partial charge in [-0.2, -0.15) is 0 Å². The van der Waals surface area contributed by atoms with Crippen molar-refractivity contribution in [3.8, 4) is 0 Å². The summed E-state index contributed by atoms with van der Waals surface area (Å²) in [6, 6.07) is 4.89. The van der Waals surface area contributed by atoms with Gasteiger partial charge in [-0.05, 0) is 36.5 Å². The molecular formula is C12H16Cl3NO. The zero-order chi connectivity index (χ0) is 11.7. The van der Waals surface area contributed by atoms with Crippen LogP contribution in [-0.4, -0.2) is 11.2 Å². The molecule has 1 aliphatic carbocycles. The fourth-order valence-corrected chi connectivity index (χ4v) is 2.30. The molecule has 1 aromatic carbocycles. The molecule has 2 rings (SSSR count). The molecule has 0 amide bonds. The van der Waals surface area contributed by atoms with Crippen molar-refractivity contribution in [2.24, 2.45) is 11.7 Å². The number of rotatable bonds is 3. The highest BCUT2D eigenvalue weighted by molar-refractivity contribution is 6.42. The number of aliphatic hydroxyl groups is 1. The molecule has 0 aromatic heterocycles. The maximum atomic E-state index is 10.1. The van der Waals surface area contributed by atoms with Gasteiger partial charge in [0.25, 0.3) is 0 Å². The number of benzene rings is 1. The second-order valence-electron chi connectivity index (χ2n) is 4.38. The number of hydrogen-bond donors (Lipinski definition) is 2. The summed E-state index contributed by atoms with van der Waals surface area (Å²) >= 11 is 11.8. The maximum Gasteiger partial charge on any atom is 0.0760 e. The summed E-state index contributed by atoms with van der Waals surface area (Å²) in [5.74, 6) is 0.337. The van der Waals surface area contributed by atoms with Crippen molar-refractivity contribution in [3.63, 3.8) is 0 Å². The Kier molecular flexibility index (Phi) is 5.55. The summed E-state index contributed by atoms with van der Waals surface area (Å²) in [6.45, 7) is 0. The Morgan fingerprint density at radius 2 is 1.88 bits per heavy atom. The summed E-state index contributed by atoms with van der Waals surface area (Å²) in [5.41, 5.74) is 6.86. The molecule has 0 bridgehead atoms. The minimum atomic E-state index is -0.481. The molecule has 1 aromatic rings. The third-order valence-corrected chi connectivity index (χ3v) is 4.07. The Morgan fingerprint density at radius 1 is 1.24 bits per heavy atom. The van der Waals surface area contributed by atoms with Gasteiger partial charge in [-0.25, -0.2) is 0 Å². The Hall–Kier alpha value is 0.01000. The molecule has 96 valence electrons. The average Bonchev–Trinajstić information content (AvgIpc) is 2.18. The molecule has 0 heterocycles. The highest BCUT2D eigenvalue weighted by Gasteiger charge is 2.30. The van der Waals surface area contributed by atoms with Gasteiger partial charge in [0.1, 0.15) is 0 Å². The smallest absolute Gasteiger partial charge is 0.0760 e. The van der Waals surface area contributed by atoms with Crippen LogP contribution in [0.25, 0.3) is 0 Å². The molecule has 0 saturated heterocycles. The topological polar surface area (TPSA) is 46.2 Å². The van der Waals surface area contributed by atoms with Gasteiger partial charge in [0.15, 0.2) is 0 Å². The van der Waals surface area contributed by atoms with Gasteiger partial charge in [-0.1, -0.05) is 35.7 Å². The first-order valence-electron chi connectivity index (χ1n) is 5.48. The molecule has 0 spiro atoms. The molecule has 3 N–H and O–H groups in total. The first-order valence-corrected chi connectivity index (χ1v) is 6.24. The Morgan fingerprint density at radius 3 is 2.35 bits per heavy atom. The zero-order valence-electron chi connectivity index (χ0n) is 9.27. The molecule has 0 aliphatic heterocycles. The number of aliphatic hydroxyl groups excluding tert-OH is 1. The largest absolute Gasteiger partial charge is 0.391 e. The monoisotopic (exact) mass is 295 g/mol. The SMILES string of the molecule is Cl.N[C@@H](c1ccc(Cl)c(Cl)c1)[C@H](O)C1CCC1. The summed E-state index contributed by atoms with van der Waals surface area (Å²) in [4.78, 5) is 0. The number of nitrogens with two attached hydrogens (primary N) is 1. The number of hydrogen-bond acceptors (Lipinski definition) is 2. The van der Waals surface area contributed by atoms with Crippen LogP contribution in [0.2, 0.25) is 10.0 Å². The average molecular weight is 297 g/mol. The second kappa shape index (κ2) is 6.26. The predicted octanol–water partition coefficient (Wildman–Crippen LogP) is 3.58. The zero-order valence-corrected chi connectivity index (χ0v) is 11.6. The van der Waals surface area contributed by atoms with Crippen LogP contribution in [0.1, 0.15) is 30.9 Å². The summed E-state index contributed by atoms with van der Waals surface area (Å²) in [6.07, 6.45) is 2.84. The lowest BCUT2D eigenvalue weighted by Gasteiger charge is -2.33. The molecule has 1 fully saturated rings. The molecule has 2 nitrogen and oxygen atoms in total. The molecule has 0 radical (unpaired) electrons. The van der Waals surface area contributed by atoms with Crippen molar-refractivity contribution >= 4 is 35.6 Å². The van der Waals surface area contributed by atoms with Crippen molar-refractivity contribution in [3.05, 3.63) is 33.8 Å². The summed E-state index contributed by atoms with van der Waals surface area (Å²) < 4.78 is 0. The van der Waals surface area contributed by atoms with Crippen molar-refractivity contribution in [1.82, 2.24) is 0 Å². The summed E-state index contributed by atoms with van der Waals surface area (Å²) in [7, 11) is 0. The second-order valence-corrected chi connectivity index (χ2v) is 5.20. The molecule has 2 atom stereocenters. The van der Waals surface area contributed by atoms with Crippen LogP contribution in [-0.2, 0) is 0 Å². The van der Waals surface area contributed by atoms with Crippen LogP contribution >= 0.6 is 35.6 Å². The van der Waals surface area contributed by atoms with Crippen molar-refractivity contribution < 1.29 is 5.11 Å². The van der Waals surface area contributed by atoms with Crippen LogP contribution in [0.4, 0.5) is 0 Å². The molecular weight excluding hydrogens is 280 g/mol. The van der Waals surface area contributed by atoms with E-state index in [9.17, 15) is 5.11 Å². The third-order valence-electron chi connectivity index (χ3n) is 3.33. The fourth-order valence-electron chi connectivity index (χ4n) is 1.99. The molecule has 0 unspecified atom stereocenters. The van der Waals surface area contributed by atoms with E-state index in [1.54, 1.807) is 12.1 Å². The minimum absolute atomic E-state index is 0. The predicted molar refractivity (Wildman–Crippen MR) is 74.0 cm³/mol. The van der Waals surface area contributed by atoms with Gasteiger partial charge in [-0.3, -0.25) is 0 Å². The lowest BCUT2D eigenvalue weighted by Crippen LogP contribution is -2.36. The third kappa shape index (κ3) is 3.27. The van der Waals surface area contributed by atoms with Gasteiger partial charge < -0.3 is 10.8 Å². The van der Waals surface area contributed by atoms with Crippen LogP contribution in [0.15, 0.2) is 18.2 Å². The van der Waals surface area contributed by atoms with Gasteiger partial charge in [0.2, 0.25) is 0 Å². The number of halogens is 3. The van der Waals surface area contributed by atoms with Crippen LogP contribution < -0.4 is 5.73 Å². The van der Waals surface area contributed by atoms with Crippen molar-refractivity contribution in [1.29, 1.82) is 0 Å². The van der Waals surface area contributed by atoms with E-state index < -0.39 is 6.10 Å². The lowest BCUT2D eigenvalue weighted by molar-refractivity contribution is 0.0414. The van der Waals surface area contributed by atoms with Crippen LogP contribution in [0.5, 0.6) is 0 Å². The van der Waals surface area contributed by atoms with Crippen molar-refractivity contribution in [2.45, 2.75) is 31.4 Å². The first-order chi connectivity index (χ1) is 7.59.